The van der Waals surface area contributed by atoms with Crippen molar-refractivity contribution in [3.8, 4) is 11.5 Å². The molecule has 1 N–H and O–H groups in total. The first-order valence-electron chi connectivity index (χ1n) is 8.70. The Balaban J connectivity index is 1.64. The van der Waals surface area contributed by atoms with E-state index in [1.165, 1.54) is 18.3 Å². The number of carbonyl (C=O) groups is 1. The first-order valence-corrected chi connectivity index (χ1v) is 9.45. The van der Waals surface area contributed by atoms with E-state index in [0.29, 0.717) is 23.1 Å². The number of methoxy groups -OCH3 is 1. The molecule has 0 aliphatic rings. The number of hydrazone groups is 1. The Labute approximate surface area is 178 Å². The number of hydrogen-bond donors (Lipinski definition) is 1. The molecule has 0 fully saturated rings. The lowest BCUT2D eigenvalue weighted by molar-refractivity contribution is 0.0955. The van der Waals surface area contributed by atoms with Crippen LogP contribution in [-0.4, -0.2) is 19.2 Å². The Morgan fingerprint density at radius 1 is 1.03 bits per heavy atom. The third kappa shape index (κ3) is 5.73. The summed E-state index contributed by atoms with van der Waals surface area (Å²) >= 11 is 11.9. The SMILES string of the molecule is COc1cc(/C=N/NC(=O)c2ccc(Cl)cc2Cl)ccc1OCc1ccccc1. The van der Waals surface area contributed by atoms with Crippen molar-refractivity contribution in [2.45, 2.75) is 6.61 Å². The van der Waals surface area contributed by atoms with Crippen molar-refractivity contribution in [2.24, 2.45) is 5.10 Å². The summed E-state index contributed by atoms with van der Waals surface area (Å²) in [5.41, 5.74) is 4.52. The largest absolute Gasteiger partial charge is 0.493 e. The predicted molar refractivity (Wildman–Crippen MR) is 115 cm³/mol. The average Bonchev–Trinajstić information content (AvgIpc) is 2.73. The van der Waals surface area contributed by atoms with Gasteiger partial charge in [0.15, 0.2) is 11.5 Å². The van der Waals surface area contributed by atoms with Crippen LogP contribution in [0.3, 0.4) is 0 Å². The highest BCUT2D eigenvalue weighted by Gasteiger charge is 2.10. The topological polar surface area (TPSA) is 59.9 Å². The Kier molecular flexibility index (Phi) is 7.11. The molecule has 3 rings (SSSR count). The van der Waals surface area contributed by atoms with E-state index < -0.39 is 5.91 Å². The van der Waals surface area contributed by atoms with E-state index in [1.807, 2.05) is 36.4 Å². The minimum absolute atomic E-state index is 0.256. The van der Waals surface area contributed by atoms with Gasteiger partial charge in [-0.3, -0.25) is 4.79 Å². The molecule has 0 heterocycles. The van der Waals surface area contributed by atoms with Gasteiger partial charge in [-0.25, -0.2) is 5.43 Å². The molecule has 0 unspecified atom stereocenters. The molecule has 0 saturated carbocycles. The first kappa shape index (κ1) is 20.7. The van der Waals surface area contributed by atoms with E-state index in [0.717, 1.165) is 11.1 Å². The zero-order valence-electron chi connectivity index (χ0n) is 15.6. The Bertz CT molecular complexity index is 1020. The number of nitrogens with zero attached hydrogens (tertiary/aromatic N) is 1. The maximum absolute atomic E-state index is 12.2. The standard InChI is InChI=1S/C22H18Cl2N2O3/c1-28-21-11-16(7-10-20(21)29-14-15-5-3-2-4-6-15)13-25-26-22(27)18-9-8-17(23)12-19(18)24/h2-13H,14H2,1H3,(H,26,27)/b25-13+. The van der Waals surface area contributed by atoms with Gasteiger partial charge in [-0.2, -0.15) is 5.10 Å². The Morgan fingerprint density at radius 2 is 1.83 bits per heavy atom. The van der Waals surface area contributed by atoms with Crippen LogP contribution in [0.15, 0.2) is 71.8 Å². The molecule has 0 bridgehead atoms. The molecule has 0 atom stereocenters. The molecule has 0 aliphatic carbocycles. The van der Waals surface area contributed by atoms with Crippen LogP contribution in [0.2, 0.25) is 10.0 Å². The van der Waals surface area contributed by atoms with E-state index in [9.17, 15) is 4.79 Å². The molecule has 29 heavy (non-hydrogen) atoms. The number of ether oxygens (including phenoxy) is 2. The molecule has 1 amide bonds. The average molecular weight is 429 g/mol. The van der Waals surface area contributed by atoms with Crippen molar-refractivity contribution >= 4 is 35.3 Å². The fourth-order valence-electron chi connectivity index (χ4n) is 2.52. The van der Waals surface area contributed by atoms with Gasteiger partial charge < -0.3 is 9.47 Å². The number of halogens is 2. The predicted octanol–water partition coefficient (Wildman–Crippen LogP) is 5.34. The van der Waals surface area contributed by atoms with Gasteiger partial charge >= 0.3 is 0 Å². The summed E-state index contributed by atoms with van der Waals surface area (Å²) < 4.78 is 11.2. The van der Waals surface area contributed by atoms with Crippen molar-refractivity contribution < 1.29 is 14.3 Å². The summed E-state index contributed by atoms with van der Waals surface area (Å²) in [5, 5.41) is 4.68. The number of benzene rings is 3. The summed E-state index contributed by atoms with van der Waals surface area (Å²) in [6.07, 6.45) is 1.51. The number of hydrogen-bond acceptors (Lipinski definition) is 4. The molecule has 0 radical (unpaired) electrons. The third-order valence-corrected chi connectivity index (χ3v) is 4.53. The summed E-state index contributed by atoms with van der Waals surface area (Å²) in [6, 6.07) is 19.9. The van der Waals surface area contributed by atoms with E-state index >= 15 is 0 Å². The van der Waals surface area contributed by atoms with Crippen LogP contribution in [0, 0.1) is 0 Å². The molecule has 0 aliphatic heterocycles. The van der Waals surface area contributed by atoms with E-state index in [-0.39, 0.29) is 10.6 Å². The van der Waals surface area contributed by atoms with E-state index in [1.54, 1.807) is 25.3 Å². The third-order valence-electron chi connectivity index (χ3n) is 3.98. The van der Waals surface area contributed by atoms with Crippen LogP contribution in [0.4, 0.5) is 0 Å². The number of carbonyl (C=O) groups excluding carboxylic acids is 1. The second-order valence-electron chi connectivity index (χ2n) is 6.01. The lowest BCUT2D eigenvalue weighted by Crippen LogP contribution is -2.18. The van der Waals surface area contributed by atoms with Crippen molar-refractivity contribution in [3.05, 3.63) is 93.5 Å². The lowest BCUT2D eigenvalue weighted by atomic mass is 10.2. The fourth-order valence-corrected chi connectivity index (χ4v) is 3.01. The zero-order chi connectivity index (χ0) is 20.6. The maximum atomic E-state index is 12.2. The molecule has 3 aromatic rings. The smallest absolute Gasteiger partial charge is 0.272 e. The molecule has 3 aromatic carbocycles. The summed E-state index contributed by atoms with van der Waals surface area (Å²) in [7, 11) is 1.57. The maximum Gasteiger partial charge on any atom is 0.272 e. The van der Waals surface area contributed by atoms with Gasteiger partial charge in [0.25, 0.3) is 5.91 Å². The van der Waals surface area contributed by atoms with Crippen molar-refractivity contribution in [3.63, 3.8) is 0 Å². The molecule has 148 valence electrons. The quantitative estimate of drug-likeness (QED) is 0.407. The van der Waals surface area contributed by atoms with E-state index in [2.05, 4.69) is 10.5 Å². The lowest BCUT2D eigenvalue weighted by Gasteiger charge is -2.11. The van der Waals surface area contributed by atoms with Crippen LogP contribution in [0.5, 0.6) is 11.5 Å². The molecule has 5 nitrogen and oxygen atoms in total. The highest BCUT2D eigenvalue weighted by Crippen LogP contribution is 2.28. The molecular weight excluding hydrogens is 411 g/mol. The van der Waals surface area contributed by atoms with Crippen LogP contribution in [0.1, 0.15) is 21.5 Å². The van der Waals surface area contributed by atoms with Gasteiger partial charge in [0.1, 0.15) is 6.61 Å². The van der Waals surface area contributed by atoms with Crippen molar-refractivity contribution in [2.75, 3.05) is 7.11 Å². The number of nitrogens with one attached hydrogen (secondary N) is 1. The number of rotatable bonds is 7. The normalized spacial score (nSPS) is 10.7. The van der Waals surface area contributed by atoms with Crippen molar-refractivity contribution in [1.82, 2.24) is 5.43 Å². The van der Waals surface area contributed by atoms with Gasteiger partial charge in [0, 0.05) is 5.02 Å². The molecule has 0 spiro atoms. The summed E-state index contributed by atoms with van der Waals surface area (Å²) in [6.45, 7) is 0.433. The zero-order valence-corrected chi connectivity index (χ0v) is 17.1. The minimum atomic E-state index is -0.433. The summed E-state index contributed by atoms with van der Waals surface area (Å²) in [5.74, 6) is 0.750. The second kappa shape index (κ2) is 9.96. The molecule has 0 saturated heterocycles. The fraction of sp³-hybridized carbons (Fsp3) is 0.0909. The van der Waals surface area contributed by atoms with Gasteiger partial charge in [0.2, 0.25) is 0 Å². The highest BCUT2D eigenvalue weighted by molar-refractivity contribution is 6.36. The Hall–Kier alpha value is -3.02. The van der Waals surface area contributed by atoms with Gasteiger partial charge in [0.05, 0.1) is 23.9 Å². The first-order chi connectivity index (χ1) is 14.1. The van der Waals surface area contributed by atoms with Gasteiger partial charge in [-0.1, -0.05) is 53.5 Å². The second-order valence-corrected chi connectivity index (χ2v) is 6.85. The van der Waals surface area contributed by atoms with E-state index in [4.69, 9.17) is 32.7 Å². The number of amides is 1. The van der Waals surface area contributed by atoms with Crippen LogP contribution in [0.25, 0.3) is 0 Å². The highest BCUT2D eigenvalue weighted by atomic mass is 35.5. The molecule has 0 aromatic heterocycles. The molecule has 7 heteroatoms. The molecular formula is C22H18Cl2N2O3. The van der Waals surface area contributed by atoms with Crippen LogP contribution >= 0.6 is 23.2 Å². The monoisotopic (exact) mass is 428 g/mol. The van der Waals surface area contributed by atoms with Crippen LogP contribution < -0.4 is 14.9 Å². The van der Waals surface area contributed by atoms with Gasteiger partial charge in [-0.15, -0.1) is 0 Å². The summed E-state index contributed by atoms with van der Waals surface area (Å²) in [4.78, 5) is 12.2. The van der Waals surface area contributed by atoms with Gasteiger partial charge in [-0.05, 0) is 47.5 Å². The van der Waals surface area contributed by atoms with Crippen molar-refractivity contribution in [1.29, 1.82) is 0 Å². The Morgan fingerprint density at radius 3 is 2.55 bits per heavy atom. The van der Waals surface area contributed by atoms with Crippen LogP contribution in [-0.2, 0) is 6.61 Å². The minimum Gasteiger partial charge on any atom is -0.493 e.